The van der Waals surface area contributed by atoms with Gasteiger partial charge < -0.3 is 9.64 Å². The molecular weight excluding hydrogens is 428 g/mol. The summed E-state index contributed by atoms with van der Waals surface area (Å²) < 4.78 is 4.66. The molecule has 1 saturated carbocycles. The summed E-state index contributed by atoms with van der Waals surface area (Å²) in [4.78, 5) is 51.7. The predicted octanol–water partition coefficient (Wildman–Crippen LogP) is 3.72. The lowest BCUT2D eigenvalue weighted by atomic mass is 9.93. The summed E-state index contributed by atoms with van der Waals surface area (Å²) in [5, 5.41) is 24.5. The van der Waals surface area contributed by atoms with Crippen LogP contribution in [0.1, 0.15) is 58.0 Å². The maximum absolute atomic E-state index is 13.4. The number of benzene rings is 1. The van der Waals surface area contributed by atoms with Crippen LogP contribution in [-0.2, 0) is 11.3 Å². The van der Waals surface area contributed by atoms with E-state index >= 15 is 0 Å². The Morgan fingerprint density at radius 3 is 2.29 bits per heavy atom. The normalized spacial score (nSPS) is 14.1. The van der Waals surface area contributed by atoms with E-state index in [1.54, 1.807) is 4.90 Å². The van der Waals surface area contributed by atoms with Crippen molar-refractivity contribution in [2.75, 3.05) is 7.11 Å². The van der Waals surface area contributed by atoms with Crippen LogP contribution >= 0.6 is 11.3 Å². The Morgan fingerprint density at radius 2 is 1.74 bits per heavy atom. The third-order valence-corrected chi connectivity index (χ3v) is 5.93. The second-order valence-corrected chi connectivity index (χ2v) is 8.04. The number of rotatable bonds is 7. The highest BCUT2D eigenvalue weighted by Crippen LogP contribution is 2.29. The van der Waals surface area contributed by atoms with E-state index < -0.39 is 33.1 Å². The molecule has 2 aromatic rings. The molecule has 0 unspecified atom stereocenters. The van der Waals surface area contributed by atoms with E-state index in [1.165, 1.54) is 23.8 Å². The summed E-state index contributed by atoms with van der Waals surface area (Å²) in [5.74, 6) is -1.14. The van der Waals surface area contributed by atoms with Crippen molar-refractivity contribution in [3.63, 3.8) is 0 Å². The number of nitrogens with zero attached hydrogens (tertiary/aromatic N) is 4. The number of aromatic nitrogens is 1. The van der Waals surface area contributed by atoms with Crippen molar-refractivity contribution in [2.24, 2.45) is 0 Å². The molecule has 1 aromatic heterocycles. The van der Waals surface area contributed by atoms with Gasteiger partial charge in [-0.25, -0.2) is 9.78 Å². The van der Waals surface area contributed by atoms with Gasteiger partial charge in [0.15, 0.2) is 5.69 Å². The monoisotopic (exact) mass is 448 g/mol. The Morgan fingerprint density at radius 1 is 1.13 bits per heavy atom. The van der Waals surface area contributed by atoms with Crippen LogP contribution in [-0.4, -0.2) is 44.8 Å². The molecule has 1 aromatic carbocycles. The fourth-order valence-corrected chi connectivity index (χ4v) is 4.34. The highest BCUT2D eigenvalue weighted by Gasteiger charge is 2.30. The number of amides is 1. The van der Waals surface area contributed by atoms with E-state index in [0.717, 1.165) is 50.3 Å². The van der Waals surface area contributed by atoms with Crippen molar-refractivity contribution < 1.29 is 24.2 Å². The maximum Gasteiger partial charge on any atom is 0.357 e. The van der Waals surface area contributed by atoms with Crippen molar-refractivity contribution >= 4 is 34.6 Å². The lowest BCUT2D eigenvalue weighted by molar-refractivity contribution is -0.394. The maximum atomic E-state index is 13.4. The molecule has 12 heteroatoms. The minimum Gasteiger partial charge on any atom is -0.464 e. The van der Waals surface area contributed by atoms with Crippen LogP contribution in [0.2, 0.25) is 0 Å². The highest BCUT2D eigenvalue weighted by molar-refractivity contribution is 7.09. The number of nitro groups is 2. The molecule has 1 heterocycles. The molecule has 0 N–H and O–H groups in total. The summed E-state index contributed by atoms with van der Waals surface area (Å²) in [6.45, 7) is 0.0850. The zero-order valence-corrected chi connectivity index (χ0v) is 17.5. The van der Waals surface area contributed by atoms with Crippen molar-refractivity contribution in [3.8, 4) is 0 Å². The number of hydrogen-bond donors (Lipinski definition) is 0. The topological polar surface area (TPSA) is 146 Å². The minimum atomic E-state index is -0.766. The number of non-ortho nitro benzene ring substituents is 2. The van der Waals surface area contributed by atoms with Gasteiger partial charge in [-0.3, -0.25) is 25.0 Å². The molecule has 3 rings (SSSR count). The van der Waals surface area contributed by atoms with Crippen molar-refractivity contribution in [1.82, 2.24) is 9.88 Å². The van der Waals surface area contributed by atoms with Crippen LogP contribution in [0.15, 0.2) is 23.6 Å². The fraction of sp³-hybridized carbons (Fsp3) is 0.421. The molecule has 164 valence electrons. The molecule has 1 aliphatic rings. The van der Waals surface area contributed by atoms with E-state index in [1.807, 2.05) is 0 Å². The molecule has 1 amide bonds. The third kappa shape index (κ3) is 5.20. The van der Waals surface area contributed by atoms with Crippen LogP contribution in [0.4, 0.5) is 11.4 Å². The van der Waals surface area contributed by atoms with Gasteiger partial charge >= 0.3 is 5.97 Å². The van der Waals surface area contributed by atoms with Crippen LogP contribution in [0.25, 0.3) is 0 Å². The molecule has 0 spiro atoms. The predicted molar refractivity (Wildman–Crippen MR) is 110 cm³/mol. The first-order valence-electron chi connectivity index (χ1n) is 9.57. The molecule has 0 bridgehead atoms. The van der Waals surface area contributed by atoms with E-state index in [4.69, 9.17) is 0 Å². The van der Waals surface area contributed by atoms with Gasteiger partial charge in [0.25, 0.3) is 17.3 Å². The summed E-state index contributed by atoms with van der Waals surface area (Å²) in [6.07, 6.45) is 4.39. The summed E-state index contributed by atoms with van der Waals surface area (Å²) in [6, 6.07) is 2.79. The van der Waals surface area contributed by atoms with E-state index in [-0.39, 0.29) is 23.8 Å². The van der Waals surface area contributed by atoms with Gasteiger partial charge in [-0.1, -0.05) is 19.3 Å². The lowest BCUT2D eigenvalue weighted by Gasteiger charge is -2.34. The Labute approximate surface area is 180 Å². The standard InChI is InChI=1S/C19H20N4O7S/c1-30-19(25)16-11-31-17(20-16)10-21(13-5-3-2-4-6-13)18(24)12-7-14(22(26)27)9-15(8-12)23(28)29/h7-9,11,13H,2-6,10H2,1H3. The highest BCUT2D eigenvalue weighted by atomic mass is 32.1. The molecule has 0 saturated heterocycles. The Kier molecular flexibility index (Phi) is 6.90. The number of nitro benzene ring substituents is 2. The molecule has 31 heavy (non-hydrogen) atoms. The summed E-state index contributed by atoms with van der Waals surface area (Å²) in [7, 11) is 1.24. The number of carbonyl (C=O) groups excluding carboxylic acids is 2. The first kappa shape index (κ1) is 22.3. The van der Waals surface area contributed by atoms with E-state index in [2.05, 4.69) is 9.72 Å². The number of hydrogen-bond acceptors (Lipinski definition) is 9. The Hall–Kier alpha value is -3.41. The number of carbonyl (C=O) groups is 2. The quantitative estimate of drug-likeness (QED) is 0.354. The third-order valence-electron chi connectivity index (χ3n) is 5.10. The second-order valence-electron chi connectivity index (χ2n) is 7.10. The average Bonchev–Trinajstić information content (AvgIpc) is 3.25. The van der Waals surface area contributed by atoms with Crippen LogP contribution in [0.5, 0.6) is 0 Å². The summed E-state index contributed by atoms with van der Waals surface area (Å²) in [5.41, 5.74) is -1.05. The van der Waals surface area contributed by atoms with Crippen molar-refractivity contribution in [1.29, 1.82) is 0 Å². The van der Waals surface area contributed by atoms with Gasteiger partial charge in [-0.15, -0.1) is 11.3 Å². The number of methoxy groups -OCH3 is 1. The summed E-state index contributed by atoms with van der Waals surface area (Å²) >= 11 is 1.19. The van der Waals surface area contributed by atoms with Gasteiger partial charge in [0, 0.05) is 23.6 Å². The van der Waals surface area contributed by atoms with Crippen molar-refractivity contribution in [3.05, 3.63) is 60.1 Å². The van der Waals surface area contributed by atoms with Gasteiger partial charge in [-0.05, 0) is 12.8 Å². The fourth-order valence-electron chi connectivity index (χ4n) is 3.58. The van der Waals surface area contributed by atoms with Gasteiger partial charge in [-0.2, -0.15) is 0 Å². The largest absolute Gasteiger partial charge is 0.464 e. The molecule has 1 fully saturated rings. The SMILES string of the molecule is COC(=O)c1csc(CN(C(=O)c2cc([N+](=O)[O-])cc([N+](=O)[O-])c2)C2CCCCC2)n1. The number of thiazole rings is 1. The number of esters is 1. The Balaban J connectivity index is 1.96. The second kappa shape index (κ2) is 9.60. The number of ether oxygens (including phenoxy) is 1. The molecule has 0 atom stereocenters. The van der Waals surface area contributed by atoms with Crippen LogP contribution in [0.3, 0.4) is 0 Å². The van der Waals surface area contributed by atoms with E-state index in [9.17, 15) is 29.8 Å². The smallest absolute Gasteiger partial charge is 0.357 e. The first-order chi connectivity index (χ1) is 14.8. The van der Waals surface area contributed by atoms with Gasteiger partial charge in [0.2, 0.25) is 0 Å². The lowest BCUT2D eigenvalue weighted by Crippen LogP contribution is -2.41. The zero-order valence-electron chi connectivity index (χ0n) is 16.7. The average molecular weight is 448 g/mol. The molecule has 1 aliphatic carbocycles. The van der Waals surface area contributed by atoms with E-state index in [0.29, 0.717) is 5.01 Å². The molecule has 0 aliphatic heterocycles. The van der Waals surface area contributed by atoms with Gasteiger partial charge in [0.1, 0.15) is 5.01 Å². The molecule has 0 radical (unpaired) electrons. The van der Waals surface area contributed by atoms with Gasteiger partial charge in [0.05, 0.1) is 35.1 Å². The Bertz CT molecular complexity index is 984. The minimum absolute atomic E-state index is 0.0850. The molecular formula is C19H20N4O7S. The van der Waals surface area contributed by atoms with Crippen LogP contribution < -0.4 is 0 Å². The first-order valence-corrected chi connectivity index (χ1v) is 10.5. The molecule has 11 nitrogen and oxygen atoms in total. The van der Waals surface area contributed by atoms with Crippen molar-refractivity contribution in [2.45, 2.75) is 44.7 Å². The van der Waals surface area contributed by atoms with Crippen LogP contribution in [0, 0.1) is 20.2 Å². The zero-order chi connectivity index (χ0) is 22.5.